The number of imidazole rings is 1. The van der Waals surface area contributed by atoms with Gasteiger partial charge in [-0.1, -0.05) is 56.2 Å². The molecule has 0 aliphatic rings. The van der Waals surface area contributed by atoms with Gasteiger partial charge in [-0.25, -0.2) is 23.5 Å². The number of fused-ring (bicyclic) bond motifs is 1. The van der Waals surface area contributed by atoms with Gasteiger partial charge in [-0.15, -0.1) is 0 Å². The lowest BCUT2D eigenvalue weighted by Crippen LogP contribution is -2.53. The number of carbonyl (C=O) groups is 2. The molecule has 0 fully saturated rings. The number of carbonyl (C=O) groups excluding carboxylic acids is 2. The fraction of sp³-hybridized carbons (Fsp3) is 0.355. The van der Waals surface area contributed by atoms with E-state index in [4.69, 9.17) is 9.47 Å². The number of benzene rings is 2. The van der Waals surface area contributed by atoms with Gasteiger partial charge in [0.05, 0.1) is 22.5 Å². The smallest absolute Gasteiger partial charge is 0.407 e. The molecule has 42 heavy (non-hydrogen) atoms. The number of hydrogen-bond donors (Lipinski definition) is 2. The fourth-order valence-corrected chi connectivity index (χ4v) is 4.56. The van der Waals surface area contributed by atoms with Gasteiger partial charge >= 0.3 is 6.09 Å². The number of unbranched alkanes of at least 4 members (excludes halogenated alkanes) is 1. The summed E-state index contributed by atoms with van der Waals surface area (Å²) in [6.07, 6.45) is 3.41. The Morgan fingerprint density at radius 1 is 1.00 bits per heavy atom. The third-order valence-electron chi connectivity index (χ3n) is 6.84. The molecule has 2 amide bonds. The molecule has 1 unspecified atom stereocenters. The molecule has 2 N–H and O–H groups in total. The Kier molecular flexibility index (Phi) is 9.72. The van der Waals surface area contributed by atoms with Crippen LogP contribution in [0.5, 0.6) is 5.88 Å². The van der Waals surface area contributed by atoms with Crippen LogP contribution < -0.4 is 15.4 Å². The van der Waals surface area contributed by atoms with Crippen LogP contribution in [0.4, 0.5) is 13.6 Å². The van der Waals surface area contributed by atoms with Gasteiger partial charge in [-0.05, 0) is 44.9 Å². The van der Waals surface area contributed by atoms with Gasteiger partial charge in [-0.3, -0.25) is 9.20 Å². The van der Waals surface area contributed by atoms with Gasteiger partial charge in [0.15, 0.2) is 0 Å². The van der Waals surface area contributed by atoms with E-state index >= 15 is 0 Å². The third kappa shape index (κ3) is 7.39. The molecule has 2 heterocycles. The molecule has 0 saturated heterocycles. The number of ether oxygens (including phenoxy) is 2. The van der Waals surface area contributed by atoms with Crippen LogP contribution in [-0.4, -0.2) is 38.5 Å². The van der Waals surface area contributed by atoms with Gasteiger partial charge < -0.3 is 20.1 Å². The molecular formula is C31H35F2N5O4. The number of aryl methyl sites for hydroxylation is 2. The molecule has 1 atom stereocenters. The first-order valence-corrected chi connectivity index (χ1v) is 13.8. The summed E-state index contributed by atoms with van der Waals surface area (Å²) in [6.45, 7) is 7.15. The lowest BCUT2D eigenvalue weighted by molar-refractivity contribution is 0.0921. The van der Waals surface area contributed by atoms with Crippen LogP contribution in [0.2, 0.25) is 0 Å². The van der Waals surface area contributed by atoms with Gasteiger partial charge in [-0.2, -0.15) is 0 Å². The standard InChI is InChI=1S/C31H35F2N5O4/c1-5-6-15-31(4,37-30(40)42-17-22-11-8-7-9-12-22)19-34-28(39)26-21(3)36-27-29(35-20(2)16-38(26)27)41-18-23-24(32)13-10-14-25(23)33/h7-14,16H,5-6,15,17-19H2,1-4H3,(H,34,39)(H,37,40). The Morgan fingerprint density at radius 3 is 2.40 bits per heavy atom. The highest BCUT2D eigenvalue weighted by Crippen LogP contribution is 2.24. The van der Waals surface area contributed by atoms with Gasteiger partial charge in [0.25, 0.3) is 11.8 Å². The highest BCUT2D eigenvalue weighted by Gasteiger charge is 2.29. The monoisotopic (exact) mass is 579 g/mol. The molecule has 2 aromatic heterocycles. The Bertz CT molecular complexity index is 1540. The summed E-state index contributed by atoms with van der Waals surface area (Å²) in [5, 5.41) is 5.85. The Labute approximate surface area is 243 Å². The Morgan fingerprint density at radius 2 is 1.71 bits per heavy atom. The first-order valence-electron chi connectivity index (χ1n) is 13.8. The number of hydrogen-bond acceptors (Lipinski definition) is 6. The summed E-state index contributed by atoms with van der Waals surface area (Å²) in [7, 11) is 0. The average molecular weight is 580 g/mol. The van der Waals surface area contributed by atoms with Gasteiger partial charge in [0.1, 0.15) is 30.5 Å². The van der Waals surface area contributed by atoms with Crippen LogP contribution in [0.15, 0.2) is 54.7 Å². The summed E-state index contributed by atoms with van der Waals surface area (Å²) in [4.78, 5) is 34.9. The number of alkyl carbamates (subject to hydrolysis) is 1. The molecular weight excluding hydrogens is 544 g/mol. The minimum absolute atomic E-state index is 0.0374. The zero-order chi connectivity index (χ0) is 30.3. The molecule has 222 valence electrons. The SMILES string of the molecule is CCCCC(C)(CNC(=O)c1c(C)nc2c(OCc3c(F)cccc3F)nc(C)cn12)NC(=O)OCc1ccccc1. The zero-order valence-electron chi connectivity index (χ0n) is 24.2. The average Bonchev–Trinajstić information content (AvgIpc) is 3.29. The predicted octanol–water partition coefficient (Wildman–Crippen LogP) is 5.81. The van der Waals surface area contributed by atoms with Crippen LogP contribution in [0, 0.1) is 25.5 Å². The van der Waals surface area contributed by atoms with E-state index < -0.39 is 35.8 Å². The quantitative estimate of drug-likeness (QED) is 0.220. The maximum atomic E-state index is 14.1. The summed E-state index contributed by atoms with van der Waals surface area (Å²) < 4.78 is 40.9. The van der Waals surface area contributed by atoms with Gasteiger partial charge in [0.2, 0.25) is 5.65 Å². The Hall–Kier alpha value is -4.54. The van der Waals surface area contributed by atoms with E-state index in [1.54, 1.807) is 24.4 Å². The van der Waals surface area contributed by atoms with Crippen LogP contribution in [-0.2, 0) is 18.0 Å². The number of nitrogens with zero attached hydrogens (tertiary/aromatic N) is 3. The van der Waals surface area contributed by atoms with Crippen LogP contribution in [0.1, 0.15) is 66.1 Å². The lowest BCUT2D eigenvalue weighted by atomic mass is 9.95. The predicted molar refractivity (Wildman–Crippen MR) is 153 cm³/mol. The van der Waals surface area contributed by atoms with E-state index in [-0.39, 0.29) is 35.9 Å². The highest BCUT2D eigenvalue weighted by atomic mass is 19.1. The maximum Gasteiger partial charge on any atom is 0.407 e. The van der Waals surface area contributed by atoms with Crippen molar-refractivity contribution < 1.29 is 27.8 Å². The van der Waals surface area contributed by atoms with E-state index in [9.17, 15) is 18.4 Å². The van der Waals surface area contributed by atoms with E-state index in [1.165, 1.54) is 6.07 Å². The van der Waals surface area contributed by atoms with Crippen LogP contribution in [0.25, 0.3) is 5.65 Å². The second-order valence-corrected chi connectivity index (χ2v) is 10.4. The summed E-state index contributed by atoms with van der Waals surface area (Å²) in [5.41, 5.74) is 1.26. The van der Waals surface area contributed by atoms with E-state index in [2.05, 4.69) is 20.6 Å². The molecule has 4 rings (SSSR count). The van der Waals surface area contributed by atoms with Crippen molar-refractivity contribution in [2.75, 3.05) is 6.54 Å². The summed E-state index contributed by atoms with van der Waals surface area (Å²) in [5.74, 6) is -1.85. The molecule has 4 aromatic rings. The second kappa shape index (κ2) is 13.4. The molecule has 0 radical (unpaired) electrons. The fourth-order valence-electron chi connectivity index (χ4n) is 4.56. The van der Waals surface area contributed by atoms with Crippen molar-refractivity contribution in [1.29, 1.82) is 0 Å². The van der Waals surface area contributed by atoms with Crippen molar-refractivity contribution in [3.63, 3.8) is 0 Å². The number of nitrogens with one attached hydrogen (secondary N) is 2. The van der Waals surface area contributed by atoms with E-state index in [0.717, 1.165) is 30.5 Å². The van der Waals surface area contributed by atoms with Crippen molar-refractivity contribution >= 4 is 17.6 Å². The molecule has 11 heteroatoms. The number of aromatic nitrogens is 3. The number of amides is 2. The minimum Gasteiger partial charge on any atom is -0.470 e. The van der Waals surface area contributed by atoms with E-state index in [1.807, 2.05) is 44.2 Å². The highest BCUT2D eigenvalue weighted by molar-refractivity contribution is 5.95. The van der Waals surface area contributed by atoms with Crippen molar-refractivity contribution in [3.05, 3.63) is 94.6 Å². The van der Waals surface area contributed by atoms with Crippen LogP contribution in [0.3, 0.4) is 0 Å². The molecule has 2 aromatic carbocycles. The molecule has 0 aliphatic heterocycles. The molecule has 0 aliphatic carbocycles. The number of rotatable bonds is 12. The molecule has 0 bridgehead atoms. The topological polar surface area (TPSA) is 107 Å². The maximum absolute atomic E-state index is 14.1. The van der Waals surface area contributed by atoms with Crippen molar-refractivity contribution in [1.82, 2.24) is 25.0 Å². The third-order valence-corrected chi connectivity index (χ3v) is 6.84. The van der Waals surface area contributed by atoms with E-state index in [0.29, 0.717) is 17.8 Å². The second-order valence-electron chi connectivity index (χ2n) is 10.4. The van der Waals surface area contributed by atoms with Crippen LogP contribution >= 0.6 is 0 Å². The van der Waals surface area contributed by atoms with Crippen molar-refractivity contribution in [2.45, 2.75) is 65.7 Å². The normalized spacial score (nSPS) is 12.5. The first kappa shape index (κ1) is 30.4. The first-order chi connectivity index (χ1) is 20.1. The molecule has 9 nitrogen and oxygen atoms in total. The summed E-state index contributed by atoms with van der Waals surface area (Å²) in [6, 6.07) is 12.9. The molecule has 0 saturated carbocycles. The lowest BCUT2D eigenvalue weighted by Gasteiger charge is -2.30. The van der Waals surface area contributed by atoms with Gasteiger partial charge in [0, 0.05) is 12.7 Å². The minimum atomic E-state index is -0.774. The molecule has 0 spiro atoms. The zero-order valence-corrected chi connectivity index (χ0v) is 24.2. The largest absolute Gasteiger partial charge is 0.470 e. The Balaban J connectivity index is 1.49. The van der Waals surface area contributed by atoms with Crippen molar-refractivity contribution in [3.8, 4) is 5.88 Å². The summed E-state index contributed by atoms with van der Waals surface area (Å²) >= 11 is 0. The number of halogens is 2. The van der Waals surface area contributed by atoms with Crippen molar-refractivity contribution in [2.24, 2.45) is 0 Å².